The summed E-state index contributed by atoms with van der Waals surface area (Å²) < 4.78 is 5.23. The molecular weight excluding hydrogens is 190 g/mol. The summed E-state index contributed by atoms with van der Waals surface area (Å²) in [5, 5.41) is 11.7. The molecule has 0 aliphatic rings. The smallest absolute Gasteiger partial charge is 0.137 e. The van der Waals surface area contributed by atoms with Crippen molar-refractivity contribution < 1.29 is 9.94 Å². The molecule has 0 spiro atoms. The van der Waals surface area contributed by atoms with Crippen molar-refractivity contribution in [1.82, 2.24) is 0 Å². The van der Waals surface area contributed by atoms with E-state index in [2.05, 4.69) is 5.16 Å². The standard InChI is InChI=1S/C9H10ClNO2/c1-2-13-9-4-3-7(6-11-12)5-8(9)10/h3-6,12H,2H2,1H3/b11-6-. The van der Waals surface area contributed by atoms with E-state index in [-0.39, 0.29) is 0 Å². The van der Waals surface area contributed by atoms with Crippen molar-refractivity contribution in [2.24, 2.45) is 5.16 Å². The Labute approximate surface area is 81.6 Å². The molecule has 13 heavy (non-hydrogen) atoms. The van der Waals surface area contributed by atoms with E-state index < -0.39 is 0 Å². The topological polar surface area (TPSA) is 41.8 Å². The lowest BCUT2D eigenvalue weighted by atomic mass is 10.2. The predicted octanol–water partition coefficient (Wildman–Crippen LogP) is 2.55. The Morgan fingerprint density at radius 2 is 2.38 bits per heavy atom. The van der Waals surface area contributed by atoms with Crippen molar-refractivity contribution in [3.05, 3.63) is 28.8 Å². The Morgan fingerprint density at radius 1 is 1.62 bits per heavy atom. The summed E-state index contributed by atoms with van der Waals surface area (Å²) in [5.41, 5.74) is 0.732. The highest BCUT2D eigenvalue weighted by Gasteiger charge is 2.00. The van der Waals surface area contributed by atoms with Gasteiger partial charge in [-0.3, -0.25) is 0 Å². The molecule has 0 unspecified atom stereocenters. The van der Waals surface area contributed by atoms with Crippen molar-refractivity contribution in [3.63, 3.8) is 0 Å². The molecule has 1 N–H and O–H groups in total. The molecule has 0 heterocycles. The fourth-order valence-electron chi connectivity index (χ4n) is 0.937. The van der Waals surface area contributed by atoms with Gasteiger partial charge < -0.3 is 9.94 Å². The van der Waals surface area contributed by atoms with Gasteiger partial charge in [0.1, 0.15) is 5.75 Å². The molecule has 0 radical (unpaired) electrons. The minimum Gasteiger partial charge on any atom is -0.492 e. The van der Waals surface area contributed by atoms with Gasteiger partial charge in [0.2, 0.25) is 0 Å². The Kier molecular flexibility index (Phi) is 3.58. The van der Waals surface area contributed by atoms with Crippen LogP contribution in [0.3, 0.4) is 0 Å². The molecule has 0 saturated carbocycles. The first kappa shape index (κ1) is 9.86. The first-order chi connectivity index (χ1) is 6.27. The second-order valence-electron chi connectivity index (χ2n) is 2.37. The highest BCUT2D eigenvalue weighted by atomic mass is 35.5. The van der Waals surface area contributed by atoms with Gasteiger partial charge in [-0.1, -0.05) is 16.8 Å². The number of benzene rings is 1. The van der Waals surface area contributed by atoms with Gasteiger partial charge in [0.05, 0.1) is 17.8 Å². The normalized spacial score (nSPS) is 10.6. The molecule has 0 atom stereocenters. The Bertz CT molecular complexity index is 312. The maximum absolute atomic E-state index is 8.28. The lowest BCUT2D eigenvalue weighted by Gasteiger charge is -2.04. The molecule has 0 bridgehead atoms. The van der Waals surface area contributed by atoms with Gasteiger partial charge in [-0.25, -0.2) is 0 Å². The van der Waals surface area contributed by atoms with Crippen LogP contribution in [0.15, 0.2) is 23.4 Å². The van der Waals surface area contributed by atoms with Crippen molar-refractivity contribution in [1.29, 1.82) is 0 Å². The van der Waals surface area contributed by atoms with Crippen LogP contribution in [-0.2, 0) is 0 Å². The number of halogens is 1. The summed E-state index contributed by atoms with van der Waals surface area (Å²) in [7, 11) is 0. The molecule has 1 aromatic carbocycles. The molecule has 0 fully saturated rings. The first-order valence-corrected chi connectivity index (χ1v) is 4.25. The molecule has 1 rings (SSSR count). The molecule has 70 valence electrons. The van der Waals surface area contributed by atoms with E-state index in [1.807, 2.05) is 6.92 Å². The van der Waals surface area contributed by atoms with E-state index in [0.717, 1.165) is 5.56 Å². The maximum atomic E-state index is 8.28. The predicted molar refractivity (Wildman–Crippen MR) is 52.0 cm³/mol. The van der Waals surface area contributed by atoms with Crippen LogP contribution >= 0.6 is 11.6 Å². The van der Waals surface area contributed by atoms with E-state index in [4.69, 9.17) is 21.5 Å². The zero-order valence-corrected chi connectivity index (χ0v) is 7.95. The van der Waals surface area contributed by atoms with Crippen LogP contribution in [0.1, 0.15) is 12.5 Å². The molecule has 1 aromatic rings. The number of nitrogens with zero attached hydrogens (tertiary/aromatic N) is 1. The van der Waals surface area contributed by atoms with Gasteiger partial charge in [0, 0.05) is 0 Å². The summed E-state index contributed by atoms with van der Waals surface area (Å²) in [6, 6.07) is 5.17. The average molecular weight is 200 g/mol. The van der Waals surface area contributed by atoms with Crippen LogP contribution in [0.25, 0.3) is 0 Å². The van der Waals surface area contributed by atoms with E-state index >= 15 is 0 Å². The summed E-state index contributed by atoms with van der Waals surface area (Å²) in [4.78, 5) is 0. The van der Waals surface area contributed by atoms with Crippen molar-refractivity contribution in [2.45, 2.75) is 6.92 Å². The monoisotopic (exact) mass is 199 g/mol. The molecule has 0 amide bonds. The lowest BCUT2D eigenvalue weighted by Crippen LogP contribution is -1.92. The molecule has 0 aliphatic carbocycles. The number of hydrogen-bond donors (Lipinski definition) is 1. The first-order valence-electron chi connectivity index (χ1n) is 3.87. The highest BCUT2D eigenvalue weighted by molar-refractivity contribution is 6.32. The van der Waals surface area contributed by atoms with Gasteiger partial charge in [0.25, 0.3) is 0 Å². The van der Waals surface area contributed by atoms with Crippen molar-refractivity contribution >= 4 is 17.8 Å². The van der Waals surface area contributed by atoms with E-state index in [0.29, 0.717) is 17.4 Å². The molecule has 3 nitrogen and oxygen atoms in total. The van der Waals surface area contributed by atoms with Crippen LogP contribution < -0.4 is 4.74 Å². The Balaban J connectivity index is 2.91. The highest BCUT2D eigenvalue weighted by Crippen LogP contribution is 2.24. The van der Waals surface area contributed by atoms with Crippen LogP contribution in [0, 0.1) is 0 Å². The lowest BCUT2D eigenvalue weighted by molar-refractivity contribution is 0.322. The summed E-state index contributed by atoms with van der Waals surface area (Å²) in [6.45, 7) is 2.46. The second kappa shape index (κ2) is 4.72. The van der Waals surface area contributed by atoms with Gasteiger partial charge in [-0.15, -0.1) is 0 Å². The zero-order valence-electron chi connectivity index (χ0n) is 7.20. The van der Waals surface area contributed by atoms with Gasteiger partial charge in [0.15, 0.2) is 0 Å². The minimum absolute atomic E-state index is 0.513. The van der Waals surface area contributed by atoms with Crippen LogP contribution in [0.4, 0.5) is 0 Å². The fourth-order valence-corrected chi connectivity index (χ4v) is 1.18. The number of ether oxygens (including phenoxy) is 1. The Hall–Kier alpha value is -1.22. The third-order valence-corrected chi connectivity index (χ3v) is 1.76. The second-order valence-corrected chi connectivity index (χ2v) is 2.77. The van der Waals surface area contributed by atoms with Crippen LogP contribution in [0.5, 0.6) is 5.75 Å². The summed E-state index contributed by atoms with van der Waals surface area (Å²) in [6.07, 6.45) is 1.31. The average Bonchev–Trinajstić information content (AvgIpc) is 2.10. The number of rotatable bonds is 3. The zero-order chi connectivity index (χ0) is 9.68. The van der Waals surface area contributed by atoms with Crippen LogP contribution in [0.2, 0.25) is 5.02 Å². The summed E-state index contributed by atoms with van der Waals surface area (Å²) >= 11 is 5.88. The largest absolute Gasteiger partial charge is 0.492 e. The van der Waals surface area contributed by atoms with E-state index in [9.17, 15) is 0 Å². The van der Waals surface area contributed by atoms with Crippen LogP contribution in [-0.4, -0.2) is 18.0 Å². The fraction of sp³-hybridized carbons (Fsp3) is 0.222. The van der Waals surface area contributed by atoms with Crippen molar-refractivity contribution in [3.8, 4) is 5.75 Å². The summed E-state index contributed by atoms with van der Waals surface area (Å²) in [5.74, 6) is 0.638. The SMILES string of the molecule is CCOc1ccc(/C=N\O)cc1Cl. The van der Waals surface area contributed by atoms with Gasteiger partial charge in [-0.05, 0) is 30.7 Å². The maximum Gasteiger partial charge on any atom is 0.137 e. The molecule has 0 aromatic heterocycles. The quantitative estimate of drug-likeness (QED) is 0.462. The molecular formula is C9H10ClNO2. The van der Waals surface area contributed by atoms with E-state index in [1.165, 1.54) is 6.21 Å². The molecule has 4 heteroatoms. The van der Waals surface area contributed by atoms with Gasteiger partial charge >= 0.3 is 0 Å². The number of oxime groups is 1. The van der Waals surface area contributed by atoms with Gasteiger partial charge in [-0.2, -0.15) is 0 Å². The third-order valence-electron chi connectivity index (χ3n) is 1.46. The minimum atomic E-state index is 0.513. The molecule has 0 saturated heterocycles. The third kappa shape index (κ3) is 2.63. The van der Waals surface area contributed by atoms with E-state index in [1.54, 1.807) is 18.2 Å². The molecule has 0 aliphatic heterocycles. The van der Waals surface area contributed by atoms with Crippen molar-refractivity contribution in [2.75, 3.05) is 6.61 Å². The Morgan fingerprint density at radius 3 is 2.92 bits per heavy atom. The number of hydrogen-bond acceptors (Lipinski definition) is 3.